The predicted molar refractivity (Wildman–Crippen MR) is 97.9 cm³/mol. The SMILES string of the molecule is CCCNCc1nc2cc(Cl)c3c(c2o1)C1(CCCCC1)NC(=O)N3. The monoisotopic (exact) mass is 362 g/mol. The van der Waals surface area contributed by atoms with Crippen molar-refractivity contribution in [1.82, 2.24) is 15.6 Å². The number of anilines is 1. The number of rotatable bonds is 4. The highest BCUT2D eigenvalue weighted by Gasteiger charge is 2.44. The molecule has 0 bridgehead atoms. The zero-order chi connectivity index (χ0) is 17.4. The summed E-state index contributed by atoms with van der Waals surface area (Å²) in [5.74, 6) is 0.649. The number of urea groups is 1. The molecule has 2 aliphatic rings. The summed E-state index contributed by atoms with van der Waals surface area (Å²) in [4.78, 5) is 16.8. The summed E-state index contributed by atoms with van der Waals surface area (Å²) in [7, 11) is 0. The van der Waals surface area contributed by atoms with Crippen LogP contribution in [0.4, 0.5) is 10.5 Å². The Morgan fingerprint density at radius 2 is 2.16 bits per heavy atom. The zero-order valence-corrected chi connectivity index (χ0v) is 15.1. The van der Waals surface area contributed by atoms with Crippen LogP contribution in [0.25, 0.3) is 11.1 Å². The van der Waals surface area contributed by atoms with Crippen molar-refractivity contribution in [3.05, 3.63) is 22.5 Å². The van der Waals surface area contributed by atoms with Gasteiger partial charge in [-0.25, -0.2) is 9.78 Å². The maximum atomic E-state index is 12.2. The van der Waals surface area contributed by atoms with Crippen LogP contribution in [-0.2, 0) is 12.1 Å². The van der Waals surface area contributed by atoms with E-state index in [0.29, 0.717) is 23.1 Å². The van der Waals surface area contributed by atoms with Gasteiger partial charge in [-0.2, -0.15) is 0 Å². The van der Waals surface area contributed by atoms with Gasteiger partial charge in [-0.1, -0.05) is 37.8 Å². The van der Waals surface area contributed by atoms with Crippen molar-refractivity contribution >= 4 is 34.4 Å². The van der Waals surface area contributed by atoms with Gasteiger partial charge in [0, 0.05) is 5.56 Å². The van der Waals surface area contributed by atoms with Crippen molar-refractivity contribution in [2.75, 3.05) is 11.9 Å². The van der Waals surface area contributed by atoms with E-state index in [4.69, 9.17) is 16.0 Å². The molecule has 1 aliphatic carbocycles. The van der Waals surface area contributed by atoms with Crippen LogP contribution in [0.15, 0.2) is 10.5 Å². The molecule has 1 aromatic carbocycles. The van der Waals surface area contributed by atoms with Crippen LogP contribution in [0.1, 0.15) is 56.9 Å². The Bertz CT molecular complexity index is 811. The Morgan fingerprint density at radius 3 is 2.92 bits per heavy atom. The minimum absolute atomic E-state index is 0.194. The number of amides is 2. The molecule has 4 rings (SSSR count). The summed E-state index contributed by atoms with van der Waals surface area (Å²) in [5, 5.41) is 9.85. The smallest absolute Gasteiger partial charge is 0.319 e. The second-order valence-corrected chi connectivity index (χ2v) is 7.37. The lowest BCUT2D eigenvalue weighted by Crippen LogP contribution is -2.52. The third kappa shape index (κ3) is 2.87. The summed E-state index contributed by atoms with van der Waals surface area (Å²) in [5.41, 5.74) is 2.71. The third-order valence-electron chi connectivity index (χ3n) is 5.16. The maximum absolute atomic E-state index is 12.2. The second-order valence-electron chi connectivity index (χ2n) is 6.96. The Hall–Kier alpha value is -1.79. The average Bonchev–Trinajstić information content (AvgIpc) is 2.98. The van der Waals surface area contributed by atoms with E-state index in [1.807, 2.05) is 0 Å². The highest BCUT2D eigenvalue weighted by Crippen LogP contribution is 2.48. The number of carbonyl (C=O) groups excluding carboxylic acids is 1. The fourth-order valence-electron chi connectivity index (χ4n) is 4.06. The number of nitrogens with one attached hydrogen (secondary N) is 3. The normalized spacial score (nSPS) is 18.9. The standard InChI is InChI=1S/C18H23ClN4O2/c1-2-8-20-10-13-21-12-9-11(19)15-14(16(12)25-13)18(23-17(24)22-15)6-4-3-5-7-18/h9,20H,2-8,10H2,1H3,(H2,22,23,24). The van der Waals surface area contributed by atoms with Crippen LogP contribution in [0.3, 0.4) is 0 Å². The Labute approximate surface area is 151 Å². The number of halogens is 1. The molecule has 1 aromatic heterocycles. The van der Waals surface area contributed by atoms with Crippen molar-refractivity contribution in [3.8, 4) is 0 Å². The molecule has 1 fully saturated rings. The summed E-state index contributed by atoms with van der Waals surface area (Å²) >= 11 is 6.49. The van der Waals surface area contributed by atoms with E-state index in [2.05, 4.69) is 27.9 Å². The van der Waals surface area contributed by atoms with Gasteiger partial charge in [-0.3, -0.25) is 0 Å². The summed E-state index contributed by atoms with van der Waals surface area (Å²) in [6, 6.07) is 1.59. The van der Waals surface area contributed by atoms with Crippen LogP contribution >= 0.6 is 11.6 Å². The fraction of sp³-hybridized carbons (Fsp3) is 0.556. The Kier molecular flexibility index (Phi) is 4.33. The number of hydrogen-bond donors (Lipinski definition) is 3. The number of carbonyl (C=O) groups is 1. The number of hydrogen-bond acceptors (Lipinski definition) is 4. The van der Waals surface area contributed by atoms with Crippen LogP contribution in [0.2, 0.25) is 5.02 Å². The van der Waals surface area contributed by atoms with Gasteiger partial charge < -0.3 is 20.4 Å². The molecule has 0 radical (unpaired) electrons. The molecule has 0 unspecified atom stereocenters. The molecule has 0 atom stereocenters. The highest BCUT2D eigenvalue weighted by atomic mass is 35.5. The molecule has 7 heteroatoms. The van der Waals surface area contributed by atoms with E-state index in [1.54, 1.807) is 6.07 Å². The number of benzene rings is 1. The molecule has 3 N–H and O–H groups in total. The van der Waals surface area contributed by atoms with E-state index < -0.39 is 5.54 Å². The van der Waals surface area contributed by atoms with Crippen LogP contribution in [0.5, 0.6) is 0 Å². The van der Waals surface area contributed by atoms with Gasteiger partial charge in [0.25, 0.3) is 0 Å². The van der Waals surface area contributed by atoms with Gasteiger partial charge in [0.1, 0.15) is 5.52 Å². The summed E-state index contributed by atoms with van der Waals surface area (Å²) < 4.78 is 6.11. The molecule has 1 spiro atoms. The van der Waals surface area contributed by atoms with Gasteiger partial charge in [-0.15, -0.1) is 0 Å². The molecule has 2 amide bonds. The van der Waals surface area contributed by atoms with Crippen LogP contribution in [0, 0.1) is 0 Å². The molecule has 2 aromatic rings. The van der Waals surface area contributed by atoms with Crippen molar-refractivity contribution in [3.63, 3.8) is 0 Å². The van der Waals surface area contributed by atoms with Gasteiger partial charge in [0.05, 0.1) is 22.8 Å². The highest BCUT2D eigenvalue weighted by molar-refractivity contribution is 6.35. The second kappa shape index (κ2) is 6.50. The Balaban J connectivity index is 1.84. The molecule has 134 valence electrons. The lowest BCUT2D eigenvalue weighted by molar-refractivity contribution is 0.209. The molecule has 6 nitrogen and oxygen atoms in total. The van der Waals surface area contributed by atoms with Gasteiger partial charge >= 0.3 is 6.03 Å². The van der Waals surface area contributed by atoms with Gasteiger partial charge in [0.15, 0.2) is 5.58 Å². The van der Waals surface area contributed by atoms with E-state index >= 15 is 0 Å². The van der Waals surface area contributed by atoms with E-state index in [9.17, 15) is 4.79 Å². The zero-order valence-electron chi connectivity index (χ0n) is 14.4. The summed E-state index contributed by atoms with van der Waals surface area (Å²) in [6.07, 6.45) is 6.19. The largest absolute Gasteiger partial charge is 0.439 e. The molecular weight excluding hydrogens is 340 g/mol. The quantitative estimate of drug-likeness (QED) is 0.709. The first kappa shape index (κ1) is 16.7. The molecule has 1 saturated carbocycles. The third-order valence-corrected chi connectivity index (χ3v) is 5.46. The fourth-order valence-corrected chi connectivity index (χ4v) is 4.31. The summed E-state index contributed by atoms with van der Waals surface area (Å²) in [6.45, 7) is 3.62. The minimum Gasteiger partial charge on any atom is -0.439 e. The number of aromatic nitrogens is 1. The molecular formula is C18H23ClN4O2. The van der Waals surface area contributed by atoms with Gasteiger partial charge in [0.2, 0.25) is 5.89 Å². The van der Waals surface area contributed by atoms with Crippen molar-refractivity contribution in [2.45, 2.75) is 57.5 Å². The number of fused-ring (bicyclic) bond motifs is 4. The molecule has 2 heterocycles. The first-order valence-electron chi connectivity index (χ1n) is 9.05. The number of oxazole rings is 1. The molecule has 25 heavy (non-hydrogen) atoms. The Morgan fingerprint density at radius 1 is 1.36 bits per heavy atom. The average molecular weight is 363 g/mol. The lowest BCUT2D eigenvalue weighted by Gasteiger charge is -2.42. The lowest BCUT2D eigenvalue weighted by atomic mass is 9.74. The predicted octanol–water partition coefficient (Wildman–Crippen LogP) is 4.28. The van der Waals surface area contributed by atoms with E-state index in [-0.39, 0.29) is 6.03 Å². The van der Waals surface area contributed by atoms with E-state index in [0.717, 1.165) is 55.3 Å². The van der Waals surface area contributed by atoms with E-state index in [1.165, 1.54) is 6.42 Å². The van der Waals surface area contributed by atoms with Crippen molar-refractivity contribution in [2.24, 2.45) is 0 Å². The number of nitrogens with zero attached hydrogens (tertiary/aromatic N) is 1. The van der Waals surface area contributed by atoms with Crippen molar-refractivity contribution in [1.29, 1.82) is 0 Å². The van der Waals surface area contributed by atoms with Gasteiger partial charge in [-0.05, 0) is 31.9 Å². The van der Waals surface area contributed by atoms with Crippen LogP contribution < -0.4 is 16.0 Å². The molecule has 1 aliphatic heterocycles. The minimum atomic E-state index is -0.410. The van der Waals surface area contributed by atoms with Crippen LogP contribution in [-0.4, -0.2) is 17.6 Å². The maximum Gasteiger partial charge on any atom is 0.319 e. The first-order valence-corrected chi connectivity index (χ1v) is 9.43. The molecule has 0 saturated heterocycles. The first-order chi connectivity index (χ1) is 12.1. The topological polar surface area (TPSA) is 79.2 Å². The van der Waals surface area contributed by atoms with Crippen molar-refractivity contribution < 1.29 is 9.21 Å².